The molecule has 1 heterocycles. The number of hydrogen-bond donors (Lipinski definition) is 0. The molecule has 2 nitrogen and oxygen atoms in total. The third kappa shape index (κ3) is 5.50. The molecule has 0 saturated carbocycles. The lowest BCUT2D eigenvalue weighted by molar-refractivity contribution is 0.487. The van der Waals surface area contributed by atoms with Crippen LogP contribution in [0, 0.1) is 0 Å². The maximum Gasteiger partial charge on any atom is 0.242 e. The fourth-order valence-corrected chi connectivity index (χ4v) is 9.59. The maximum absolute atomic E-state index is 6.95. The van der Waals surface area contributed by atoms with Crippen molar-refractivity contribution in [2.45, 2.75) is 0 Å². The van der Waals surface area contributed by atoms with Gasteiger partial charge in [0.2, 0.25) is 6.71 Å². The molecular weight excluding hydrogens is 713 g/mol. The molecule has 11 aromatic carbocycles. The summed E-state index contributed by atoms with van der Waals surface area (Å²) in [4.78, 5) is 2.32. The Morgan fingerprint density at radius 1 is 0.322 bits per heavy atom. The van der Waals surface area contributed by atoms with E-state index in [0.717, 1.165) is 39.5 Å². The minimum atomic E-state index is 0.0338. The van der Waals surface area contributed by atoms with Crippen LogP contribution < -0.4 is 26.0 Å². The highest BCUT2D eigenvalue weighted by atomic mass is 16.5. The number of para-hydroxylation sites is 1. The zero-order valence-electron chi connectivity index (χ0n) is 32.2. The van der Waals surface area contributed by atoms with E-state index in [1.54, 1.807) is 0 Å². The van der Waals surface area contributed by atoms with Gasteiger partial charge in [-0.25, -0.2) is 0 Å². The highest BCUT2D eigenvalue weighted by Gasteiger charge is 2.28. The summed E-state index contributed by atoms with van der Waals surface area (Å²) in [7, 11) is 0. The van der Waals surface area contributed by atoms with E-state index in [-0.39, 0.29) is 6.71 Å². The Bertz CT molecular complexity index is 3430. The number of nitrogens with zero attached hydrogens (tertiary/aromatic N) is 1. The molecular formula is C56H36BNO. The number of fused-ring (bicyclic) bond motifs is 8. The van der Waals surface area contributed by atoms with E-state index in [2.05, 4.69) is 223 Å². The lowest BCUT2D eigenvalue weighted by Crippen LogP contribution is -2.52. The summed E-state index contributed by atoms with van der Waals surface area (Å²) in [5, 5.41) is 12.3. The van der Waals surface area contributed by atoms with Crippen LogP contribution in [-0.2, 0) is 0 Å². The Kier molecular flexibility index (Phi) is 7.67. The van der Waals surface area contributed by atoms with Crippen molar-refractivity contribution in [2.75, 3.05) is 4.90 Å². The van der Waals surface area contributed by atoms with Crippen molar-refractivity contribution in [3.63, 3.8) is 0 Å². The quantitative estimate of drug-likeness (QED) is 0.124. The first-order chi connectivity index (χ1) is 29.2. The van der Waals surface area contributed by atoms with Gasteiger partial charge in [-0.15, -0.1) is 0 Å². The zero-order valence-corrected chi connectivity index (χ0v) is 32.2. The summed E-state index contributed by atoms with van der Waals surface area (Å²) in [6, 6.07) is 79.5. The summed E-state index contributed by atoms with van der Waals surface area (Å²) in [6.07, 6.45) is 0. The first kappa shape index (κ1) is 33.5. The van der Waals surface area contributed by atoms with Gasteiger partial charge in [-0.1, -0.05) is 180 Å². The smallest absolute Gasteiger partial charge is 0.242 e. The molecule has 0 fully saturated rings. The van der Waals surface area contributed by atoms with E-state index in [1.807, 2.05) is 0 Å². The van der Waals surface area contributed by atoms with Gasteiger partial charge in [0.1, 0.15) is 11.5 Å². The Morgan fingerprint density at radius 2 is 0.932 bits per heavy atom. The Morgan fingerprint density at radius 3 is 1.73 bits per heavy atom. The minimum Gasteiger partial charge on any atom is -0.456 e. The molecule has 0 amide bonds. The van der Waals surface area contributed by atoms with E-state index in [4.69, 9.17) is 4.74 Å². The van der Waals surface area contributed by atoms with Crippen molar-refractivity contribution in [3.8, 4) is 22.6 Å². The average molecular weight is 750 g/mol. The predicted molar refractivity (Wildman–Crippen MR) is 252 cm³/mol. The molecule has 0 unspecified atom stereocenters. The molecule has 0 spiro atoms. The van der Waals surface area contributed by atoms with Gasteiger partial charge in [-0.2, -0.15) is 0 Å². The van der Waals surface area contributed by atoms with Crippen molar-refractivity contribution in [1.29, 1.82) is 0 Å². The Hall–Kier alpha value is -7.62. The highest BCUT2D eigenvalue weighted by Crippen LogP contribution is 2.51. The lowest BCUT2D eigenvalue weighted by Gasteiger charge is -2.28. The monoisotopic (exact) mass is 749 g/mol. The van der Waals surface area contributed by atoms with E-state index in [1.165, 1.54) is 70.4 Å². The van der Waals surface area contributed by atoms with Gasteiger partial charge in [0, 0.05) is 34.1 Å². The summed E-state index contributed by atoms with van der Waals surface area (Å²) in [5.74, 6) is 1.73. The molecule has 59 heavy (non-hydrogen) atoms. The van der Waals surface area contributed by atoms with Crippen LogP contribution in [0.25, 0.3) is 65.0 Å². The summed E-state index contributed by atoms with van der Waals surface area (Å²) < 4.78 is 6.95. The van der Waals surface area contributed by atoms with Crippen LogP contribution in [0.1, 0.15) is 0 Å². The molecule has 3 heteroatoms. The molecule has 0 radical (unpaired) electrons. The van der Waals surface area contributed by atoms with E-state index >= 15 is 0 Å². The third-order valence-electron chi connectivity index (χ3n) is 12.3. The van der Waals surface area contributed by atoms with Gasteiger partial charge in [-0.3, -0.25) is 0 Å². The van der Waals surface area contributed by atoms with Crippen LogP contribution >= 0.6 is 0 Å². The summed E-state index contributed by atoms with van der Waals surface area (Å²) in [6.45, 7) is 0.0338. The molecule has 0 aliphatic carbocycles. The predicted octanol–water partition coefficient (Wildman–Crippen LogP) is 13.2. The van der Waals surface area contributed by atoms with Gasteiger partial charge in [0.05, 0.1) is 0 Å². The molecule has 12 rings (SSSR count). The van der Waals surface area contributed by atoms with Crippen molar-refractivity contribution >= 4 is 94.0 Å². The second kappa shape index (κ2) is 13.5. The first-order valence-electron chi connectivity index (χ1n) is 20.4. The third-order valence-corrected chi connectivity index (χ3v) is 12.3. The summed E-state index contributed by atoms with van der Waals surface area (Å²) in [5.41, 5.74) is 9.37. The molecule has 0 atom stereocenters. The lowest BCUT2D eigenvalue weighted by atomic mass is 9.36. The van der Waals surface area contributed by atoms with Crippen molar-refractivity contribution in [2.24, 2.45) is 0 Å². The normalized spacial score (nSPS) is 11.9. The molecule has 0 bridgehead atoms. The van der Waals surface area contributed by atoms with E-state index in [9.17, 15) is 0 Å². The van der Waals surface area contributed by atoms with Gasteiger partial charge in [0.15, 0.2) is 0 Å². The Labute approximate surface area is 343 Å². The topological polar surface area (TPSA) is 12.5 Å². The number of anilines is 3. The van der Waals surface area contributed by atoms with Crippen LogP contribution in [0.15, 0.2) is 218 Å². The van der Waals surface area contributed by atoms with Crippen molar-refractivity contribution < 1.29 is 4.74 Å². The van der Waals surface area contributed by atoms with Gasteiger partial charge >= 0.3 is 0 Å². The SMILES string of the molecule is c1ccc(B(c2ccc3ccccc3c2)c2cc3c4cccc5c4c(cc3c3ccccc23)-c2ccc(N(c3ccccc3)c3ccc4ccccc4c3)cc2O5)cc1. The van der Waals surface area contributed by atoms with Crippen LogP contribution in [0.2, 0.25) is 0 Å². The standard InChI is InChI=1S/C56H36BNO/c1-3-18-41(19-4-1)57(42-28-26-37-14-7-9-16-39(37)32-42)53-36-51-49-24-13-25-54-56(49)52(35-50(51)46-22-11-12-23-47(46)53)48-31-30-45(34-55(48)59-54)58(43-20-5-2-6-21-43)44-29-27-38-15-8-10-17-40(38)33-44/h1-36H. The molecule has 0 saturated heterocycles. The minimum absolute atomic E-state index is 0.0338. The molecule has 274 valence electrons. The van der Waals surface area contributed by atoms with E-state index in [0.29, 0.717) is 0 Å². The van der Waals surface area contributed by atoms with Crippen molar-refractivity contribution in [1.82, 2.24) is 0 Å². The number of rotatable bonds is 6. The number of hydrogen-bond acceptors (Lipinski definition) is 2. The second-order valence-electron chi connectivity index (χ2n) is 15.6. The van der Waals surface area contributed by atoms with Crippen LogP contribution in [0.3, 0.4) is 0 Å². The first-order valence-corrected chi connectivity index (χ1v) is 20.4. The molecule has 1 aliphatic rings. The average Bonchev–Trinajstić information content (AvgIpc) is 3.30. The van der Waals surface area contributed by atoms with Gasteiger partial charge < -0.3 is 9.64 Å². The van der Waals surface area contributed by atoms with Gasteiger partial charge in [-0.05, 0) is 103 Å². The molecule has 0 aromatic heterocycles. The van der Waals surface area contributed by atoms with E-state index < -0.39 is 0 Å². The fraction of sp³-hybridized carbons (Fsp3) is 0. The molecule has 0 N–H and O–H groups in total. The molecule has 1 aliphatic heterocycles. The van der Waals surface area contributed by atoms with Crippen LogP contribution in [0.4, 0.5) is 17.1 Å². The Balaban J connectivity index is 1.06. The second-order valence-corrected chi connectivity index (χ2v) is 15.6. The summed E-state index contributed by atoms with van der Waals surface area (Å²) >= 11 is 0. The largest absolute Gasteiger partial charge is 0.456 e. The zero-order chi connectivity index (χ0) is 38.9. The van der Waals surface area contributed by atoms with Crippen molar-refractivity contribution in [3.05, 3.63) is 218 Å². The number of benzene rings is 11. The molecule has 11 aromatic rings. The highest BCUT2D eigenvalue weighted by molar-refractivity contribution is 6.97. The maximum atomic E-state index is 6.95. The van der Waals surface area contributed by atoms with Crippen LogP contribution in [-0.4, -0.2) is 6.71 Å². The van der Waals surface area contributed by atoms with Crippen LogP contribution in [0.5, 0.6) is 11.5 Å². The number of ether oxygens (including phenoxy) is 1. The fourth-order valence-electron chi connectivity index (χ4n) is 9.59. The van der Waals surface area contributed by atoms with Gasteiger partial charge in [0.25, 0.3) is 0 Å².